The predicted octanol–water partition coefficient (Wildman–Crippen LogP) is 5.05. The molecule has 2 aliphatic heterocycles. The van der Waals surface area contributed by atoms with Gasteiger partial charge in [-0.15, -0.1) is 0 Å². The third kappa shape index (κ3) is 8.39. The molecule has 0 bridgehead atoms. The Morgan fingerprint density at radius 1 is 1.25 bits per heavy atom. The second-order valence-electron chi connectivity index (χ2n) is 10.2. The van der Waals surface area contributed by atoms with Gasteiger partial charge in [0.25, 0.3) is 0 Å². The van der Waals surface area contributed by atoms with Crippen molar-refractivity contribution in [2.75, 3.05) is 32.9 Å². The molecule has 2 atom stereocenters. The highest BCUT2D eigenvalue weighted by atomic mass is 16.7. The van der Waals surface area contributed by atoms with Gasteiger partial charge in [-0.2, -0.15) is 0 Å². The van der Waals surface area contributed by atoms with Crippen LogP contribution in [0.15, 0.2) is 66.1 Å². The number of likely N-dealkylation sites (tertiary alicyclic amines) is 1. The molecule has 0 amide bonds. The van der Waals surface area contributed by atoms with Gasteiger partial charge in [-0.3, -0.25) is 9.47 Å². The van der Waals surface area contributed by atoms with Gasteiger partial charge < -0.3 is 19.4 Å². The molecule has 1 unspecified atom stereocenters. The van der Waals surface area contributed by atoms with E-state index in [0.717, 1.165) is 63.9 Å². The van der Waals surface area contributed by atoms with Gasteiger partial charge in [0, 0.05) is 37.7 Å². The minimum atomic E-state index is -0.315. The molecular weight excluding hydrogens is 504 g/mol. The Morgan fingerprint density at radius 3 is 2.73 bits per heavy atom. The Bertz CT molecular complexity index is 1190. The minimum absolute atomic E-state index is 0.237. The van der Waals surface area contributed by atoms with Crippen LogP contribution >= 0.6 is 0 Å². The molecule has 1 aromatic heterocycles. The van der Waals surface area contributed by atoms with Crippen molar-refractivity contribution >= 4 is 5.84 Å². The topological polar surface area (TPSA) is 81.3 Å². The quantitative estimate of drug-likeness (QED) is 0.148. The van der Waals surface area contributed by atoms with Gasteiger partial charge in [-0.05, 0) is 88.7 Å². The summed E-state index contributed by atoms with van der Waals surface area (Å²) in [6, 6.07) is 8.37. The number of allylic oxidation sites excluding steroid dienone is 3. The number of rotatable bonds is 10. The van der Waals surface area contributed by atoms with Crippen molar-refractivity contribution in [3.63, 3.8) is 0 Å². The van der Waals surface area contributed by atoms with Gasteiger partial charge in [0.1, 0.15) is 18.5 Å². The van der Waals surface area contributed by atoms with Gasteiger partial charge in [-0.25, -0.2) is 4.98 Å². The van der Waals surface area contributed by atoms with Gasteiger partial charge in [0.2, 0.25) is 0 Å². The Kier molecular flexibility index (Phi) is 11.6. The van der Waals surface area contributed by atoms with Crippen molar-refractivity contribution in [2.24, 2.45) is 11.1 Å². The lowest BCUT2D eigenvalue weighted by Crippen LogP contribution is -2.34. The number of oxime groups is 1. The molecule has 40 heavy (non-hydrogen) atoms. The molecule has 1 N–H and O–H groups in total. The Hall–Kier alpha value is -3.22. The number of hydrogen-bond donors (Lipinski definition) is 1. The third-order valence-corrected chi connectivity index (χ3v) is 7.23. The van der Waals surface area contributed by atoms with E-state index < -0.39 is 0 Å². The molecule has 1 aromatic carbocycles. The first-order valence-electron chi connectivity index (χ1n) is 14.4. The summed E-state index contributed by atoms with van der Waals surface area (Å²) in [6.07, 6.45) is 11.7. The van der Waals surface area contributed by atoms with Gasteiger partial charge in [0.15, 0.2) is 12.1 Å². The van der Waals surface area contributed by atoms with Gasteiger partial charge >= 0.3 is 0 Å². The lowest BCUT2D eigenvalue weighted by molar-refractivity contribution is -0.187. The SMILES string of the molecule is C=C/C=C(C#Cc1ccc(CN2CCC(CO)CC2)cc1)\C(=N/OCC)n1ccnc1[C@H](C)OC1CCCCO1. The Labute approximate surface area is 238 Å². The summed E-state index contributed by atoms with van der Waals surface area (Å²) in [4.78, 5) is 12.5. The van der Waals surface area contributed by atoms with Crippen molar-refractivity contribution in [2.45, 2.75) is 64.9 Å². The molecule has 214 valence electrons. The summed E-state index contributed by atoms with van der Waals surface area (Å²) in [5, 5.41) is 13.8. The van der Waals surface area contributed by atoms with Crippen molar-refractivity contribution in [3.8, 4) is 11.8 Å². The largest absolute Gasteiger partial charge is 0.396 e. The first-order chi connectivity index (χ1) is 19.6. The molecule has 2 fully saturated rings. The zero-order valence-electron chi connectivity index (χ0n) is 23.8. The van der Waals surface area contributed by atoms with Crippen LogP contribution in [0.2, 0.25) is 0 Å². The number of benzene rings is 1. The second kappa shape index (κ2) is 15.5. The number of aromatic nitrogens is 2. The fourth-order valence-electron chi connectivity index (χ4n) is 4.96. The van der Waals surface area contributed by atoms with E-state index in [0.29, 0.717) is 36.4 Å². The molecule has 0 radical (unpaired) electrons. The number of ether oxygens (including phenoxy) is 2. The molecule has 3 heterocycles. The van der Waals surface area contributed by atoms with E-state index in [1.807, 2.05) is 30.7 Å². The average molecular weight is 547 g/mol. The van der Waals surface area contributed by atoms with Crippen LogP contribution in [0.3, 0.4) is 0 Å². The molecule has 0 saturated carbocycles. The van der Waals surface area contributed by atoms with E-state index >= 15 is 0 Å². The Morgan fingerprint density at radius 2 is 2.05 bits per heavy atom. The van der Waals surface area contributed by atoms with Crippen molar-refractivity contribution in [1.82, 2.24) is 14.5 Å². The molecule has 0 spiro atoms. The van der Waals surface area contributed by atoms with E-state index in [1.165, 1.54) is 5.56 Å². The summed E-state index contributed by atoms with van der Waals surface area (Å²) in [6.45, 7) is 12.1. The molecule has 8 nitrogen and oxygen atoms in total. The van der Waals surface area contributed by atoms with E-state index in [4.69, 9.17) is 14.3 Å². The molecular formula is C32H42N4O4. The Balaban J connectivity index is 1.49. The number of aliphatic hydroxyl groups is 1. The van der Waals surface area contributed by atoms with E-state index in [1.54, 1.807) is 12.3 Å². The van der Waals surface area contributed by atoms with Crippen LogP contribution < -0.4 is 0 Å². The lowest BCUT2D eigenvalue weighted by atomic mass is 9.97. The van der Waals surface area contributed by atoms with Crippen molar-refractivity contribution < 1.29 is 19.4 Å². The van der Waals surface area contributed by atoms with Crippen LogP contribution in [0.5, 0.6) is 0 Å². The van der Waals surface area contributed by atoms with Crippen LogP contribution in [0.4, 0.5) is 0 Å². The van der Waals surface area contributed by atoms with Crippen LogP contribution in [0, 0.1) is 17.8 Å². The normalized spacial score (nSPS) is 20.0. The number of piperidine rings is 1. The molecule has 8 heteroatoms. The summed E-state index contributed by atoms with van der Waals surface area (Å²) in [5.74, 6) is 8.21. The van der Waals surface area contributed by atoms with Gasteiger partial charge in [-0.1, -0.05) is 41.8 Å². The van der Waals surface area contributed by atoms with E-state index in [9.17, 15) is 5.11 Å². The highest BCUT2D eigenvalue weighted by Crippen LogP contribution is 2.24. The molecule has 4 rings (SSSR count). The van der Waals surface area contributed by atoms with Crippen molar-refractivity contribution in [1.29, 1.82) is 0 Å². The van der Waals surface area contributed by atoms with Crippen LogP contribution in [-0.4, -0.2) is 64.6 Å². The molecule has 2 aliphatic rings. The second-order valence-corrected chi connectivity index (χ2v) is 10.2. The molecule has 0 aliphatic carbocycles. The summed E-state index contributed by atoms with van der Waals surface area (Å²) in [7, 11) is 0. The maximum absolute atomic E-state index is 9.38. The zero-order valence-corrected chi connectivity index (χ0v) is 23.8. The number of nitrogens with zero attached hydrogens (tertiary/aromatic N) is 4. The standard InChI is InChI=1S/C32H42N4O4/c1-4-8-29(15-14-26-10-12-27(13-11-26)23-35-19-16-28(24-37)17-20-35)32(34-39-5-2)36-21-18-33-31(36)25(3)40-30-9-6-7-22-38-30/h4,8,10-13,18,21,25,28,30,37H,1,5-7,9,16-17,19-20,22-24H2,2-3H3/b29-8-,34-32+/t25-,30?/m0/s1. The fraction of sp³-hybridized carbons (Fsp3) is 0.500. The van der Waals surface area contributed by atoms with Gasteiger partial charge in [0.05, 0.1) is 5.57 Å². The highest BCUT2D eigenvalue weighted by molar-refractivity contribution is 6.04. The first-order valence-corrected chi connectivity index (χ1v) is 14.4. The van der Waals surface area contributed by atoms with Crippen LogP contribution in [0.25, 0.3) is 0 Å². The summed E-state index contributed by atoms with van der Waals surface area (Å²) in [5.41, 5.74) is 2.82. The molecule has 2 aromatic rings. The van der Waals surface area contributed by atoms with E-state index in [-0.39, 0.29) is 12.4 Å². The average Bonchev–Trinajstić information content (AvgIpc) is 3.48. The summed E-state index contributed by atoms with van der Waals surface area (Å²) < 4.78 is 13.8. The maximum atomic E-state index is 9.38. The van der Waals surface area contributed by atoms with Crippen LogP contribution in [-0.2, 0) is 20.9 Å². The predicted molar refractivity (Wildman–Crippen MR) is 156 cm³/mol. The fourth-order valence-corrected chi connectivity index (χ4v) is 4.96. The smallest absolute Gasteiger partial charge is 0.193 e. The summed E-state index contributed by atoms with van der Waals surface area (Å²) >= 11 is 0. The minimum Gasteiger partial charge on any atom is -0.396 e. The lowest BCUT2D eigenvalue weighted by Gasteiger charge is -2.31. The highest BCUT2D eigenvalue weighted by Gasteiger charge is 2.23. The third-order valence-electron chi connectivity index (χ3n) is 7.23. The number of imidazole rings is 1. The van der Waals surface area contributed by atoms with E-state index in [2.05, 4.69) is 57.7 Å². The monoisotopic (exact) mass is 546 g/mol. The maximum Gasteiger partial charge on any atom is 0.193 e. The zero-order chi connectivity index (χ0) is 28.2. The van der Waals surface area contributed by atoms with Crippen molar-refractivity contribution in [3.05, 3.63) is 77.9 Å². The van der Waals surface area contributed by atoms with Crippen LogP contribution in [0.1, 0.15) is 69.0 Å². The number of hydrogen-bond acceptors (Lipinski definition) is 7. The molecule has 2 saturated heterocycles. The first kappa shape index (κ1) is 29.8. The number of aliphatic hydroxyl groups excluding tert-OH is 1.